The number of halogens is 1. The molecule has 0 saturated carbocycles. The van der Waals surface area contributed by atoms with Crippen LogP contribution in [0.1, 0.15) is 30.6 Å². The molecule has 1 aromatic carbocycles. The molecule has 27 heavy (non-hydrogen) atoms. The number of aromatic nitrogens is 2. The fraction of sp³-hybridized carbons (Fsp3) is 0.389. The molecule has 0 spiro atoms. The second kappa shape index (κ2) is 7.26. The number of fused-ring (bicyclic) bond motifs is 1. The number of aryl methyl sites for hydroxylation is 1. The highest BCUT2D eigenvalue weighted by atomic mass is 32.2. The normalized spacial score (nSPS) is 18.2. The van der Waals surface area contributed by atoms with Crippen molar-refractivity contribution in [1.82, 2.24) is 9.78 Å². The molecule has 2 heterocycles. The Hall–Kier alpha value is -2.48. The summed E-state index contributed by atoms with van der Waals surface area (Å²) < 4.78 is 44.9. The third-order valence-electron chi connectivity index (χ3n) is 4.74. The fourth-order valence-electron chi connectivity index (χ4n) is 3.40. The van der Waals surface area contributed by atoms with Gasteiger partial charge in [0.2, 0.25) is 9.84 Å². The van der Waals surface area contributed by atoms with Gasteiger partial charge < -0.3 is 9.84 Å². The third-order valence-corrected chi connectivity index (χ3v) is 6.57. The summed E-state index contributed by atoms with van der Waals surface area (Å²) in [5, 5.41) is 2.86. The van der Waals surface area contributed by atoms with Gasteiger partial charge in [0.15, 0.2) is 0 Å². The first-order chi connectivity index (χ1) is 12.9. The van der Waals surface area contributed by atoms with E-state index in [2.05, 4.69) is 5.10 Å². The Morgan fingerprint density at radius 1 is 1.37 bits per heavy atom. The van der Waals surface area contributed by atoms with E-state index in [1.807, 2.05) is 6.92 Å². The predicted molar refractivity (Wildman–Crippen MR) is 96.6 cm³/mol. The van der Waals surface area contributed by atoms with Crippen molar-refractivity contribution in [1.29, 1.82) is 0 Å². The van der Waals surface area contributed by atoms with E-state index in [0.717, 1.165) is 0 Å². The summed E-state index contributed by atoms with van der Waals surface area (Å²) in [6.07, 6.45) is 0.546. The van der Waals surface area contributed by atoms with E-state index in [1.54, 1.807) is 13.1 Å². The van der Waals surface area contributed by atoms with Crippen molar-refractivity contribution in [2.24, 2.45) is 0 Å². The van der Waals surface area contributed by atoms with Gasteiger partial charge in [0.05, 0.1) is 23.2 Å². The number of hydrogen-bond acceptors (Lipinski definition) is 5. The minimum Gasteiger partial charge on any atom is -0.370 e. The number of ether oxygens (including phenoxy) is 1. The molecule has 3 rings (SSSR count). The lowest BCUT2D eigenvalue weighted by molar-refractivity contribution is 0.0417. The van der Waals surface area contributed by atoms with Gasteiger partial charge >= 0.3 is 0 Å². The maximum Gasteiger partial charge on any atom is 0.274 e. The average Bonchev–Trinajstić information content (AvgIpc) is 3.01. The first-order valence-corrected chi connectivity index (χ1v) is 9.93. The second-order valence-corrected chi connectivity index (χ2v) is 8.11. The van der Waals surface area contributed by atoms with Crippen molar-refractivity contribution in [2.45, 2.75) is 37.8 Å². The van der Waals surface area contributed by atoms with E-state index < -0.39 is 27.5 Å². The zero-order chi connectivity index (χ0) is 19.8. The molecule has 0 aliphatic carbocycles. The predicted octanol–water partition coefficient (Wildman–Crippen LogP) is 2.09. The van der Waals surface area contributed by atoms with Gasteiger partial charge in [-0.05, 0) is 31.0 Å². The van der Waals surface area contributed by atoms with E-state index in [0.29, 0.717) is 28.8 Å². The molecule has 2 aromatic rings. The second-order valence-electron chi connectivity index (χ2n) is 6.17. The minimum absolute atomic E-state index is 0.0661. The van der Waals surface area contributed by atoms with E-state index in [9.17, 15) is 22.4 Å². The van der Waals surface area contributed by atoms with Crippen LogP contribution in [0.15, 0.2) is 32.9 Å². The molecule has 0 bridgehead atoms. The number of alkyl halides is 1. The Balaban J connectivity index is 2.26. The molecule has 1 aromatic heterocycles. The van der Waals surface area contributed by atoms with Crippen LogP contribution < -0.4 is 5.56 Å². The van der Waals surface area contributed by atoms with Crippen molar-refractivity contribution in [3.63, 3.8) is 0 Å². The quantitative estimate of drug-likeness (QED) is 0.783. The smallest absolute Gasteiger partial charge is 0.274 e. The monoisotopic (exact) mass is 394 g/mol. The summed E-state index contributed by atoms with van der Waals surface area (Å²) in [5.41, 5.74) is 1.63. The van der Waals surface area contributed by atoms with Gasteiger partial charge in [0, 0.05) is 24.7 Å². The summed E-state index contributed by atoms with van der Waals surface area (Å²) >= 11 is 0. The molecule has 1 aliphatic rings. The first-order valence-electron chi connectivity index (χ1n) is 8.45. The number of aromatic amines is 1. The molecule has 1 aliphatic heterocycles. The molecule has 144 valence electrons. The van der Waals surface area contributed by atoms with Gasteiger partial charge in [-0.3, -0.25) is 9.48 Å². The zero-order valence-corrected chi connectivity index (χ0v) is 15.7. The van der Waals surface area contributed by atoms with Crippen LogP contribution in [0.5, 0.6) is 0 Å². The topological polar surface area (TPSA) is 98.2 Å². The molecular formula is C18H19FN2O5S. The summed E-state index contributed by atoms with van der Waals surface area (Å²) in [4.78, 5) is 23.1. The third kappa shape index (κ3) is 3.07. The average molecular weight is 394 g/mol. The van der Waals surface area contributed by atoms with Crippen molar-refractivity contribution in [2.75, 3.05) is 13.3 Å². The number of H-pyrrole nitrogens is 1. The van der Waals surface area contributed by atoms with Gasteiger partial charge in [-0.25, -0.2) is 17.6 Å². The number of carbonyl (C=O) groups excluding carboxylic acids is 1. The number of hydrogen-bond donors (Lipinski definition) is 1. The van der Waals surface area contributed by atoms with E-state index in [1.165, 1.54) is 22.8 Å². The molecule has 0 fully saturated rings. The Morgan fingerprint density at radius 2 is 2.11 bits per heavy atom. The lowest BCUT2D eigenvalue weighted by Gasteiger charge is -2.28. The van der Waals surface area contributed by atoms with Crippen molar-refractivity contribution in [3.8, 4) is 11.1 Å². The fourth-order valence-corrected chi connectivity index (χ4v) is 4.97. The van der Waals surface area contributed by atoms with Gasteiger partial charge in [-0.2, -0.15) is 0 Å². The Labute approximate surface area is 155 Å². The van der Waals surface area contributed by atoms with Crippen LogP contribution in [0.3, 0.4) is 0 Å². The lowest BCUT2D eigenvalue weighted by atomic mass is 9.93. The van der Waals surface area contributed by atoms with Crippen LogP contribution >= 0.6 is 0 Å². The Kier molecular flexibility index (Phi) is 5.19. The molecule has 1 atom stereocenters. The molecule has 1 N–H and O–H groups in total. The van der Waals surface area contributed by atoms with Crippen LogP contribution in [0.2, 0.25) is 0 Å². The molecule has 1 unspecified atom stereocenters. The highest BCUT2D eigenvalue weighted by molar-refractivity contribution is 7.95. The number of nitrogens with one attached hydrogen (secondary N) is 1. The largest absolute Gasteiger partial charge is 0.370 e. The molecule has 0 radical (unpaired) electrons. The highest BCUT2D eigenvalue weighted by Crippen LogP contribution is 2.43. The molecule has 7 nitrogen and oxygen atoms in total. The highest BCUT2D eigenvalue weighted by Gasteiger charge is 2.38. The summed E-state index contributed by atoms with van der Waals surface area (Å²) in [6.45, 7) is 3.01. The Bertz CT molecular complexity index is 1090. The van der Waals surface area contributed by atoms with Crippen molar-refractivity contribution >= 4 is 15.8 Å². The number of nitrogens with zero attached hydrogens (tertiary/aromatic N) is 1. The van der Waals surface area contributed by atoms with E-state index >= 15 is 0 Å². The lowest BCUT2D eigenvalue weighted by Crippen LogP contribution is -2.23. The number of rotatable bonds is 5. The van der Waals surface area contributed by atoms with Crippen LogP contribution in [0.4, 0.5) is 4.39 Å². The number of sulfone groups is 1. The zero-order valence-electron chi connectivity index (χ0n) is 14.9. The summed E-state index contributed by atoms with van der Waals surface area (Å²) in [6, 6.07) is 2.90. The van der Waals surface area contributed by atoms with Crippen molar-refractivity contribution in [3.05, 3.63) is 44.7 Å². The molecule has 9 heteroatoms. The first kappa shape index (κ1) is 19.3. The van der Waals surface area contributed by atoms with Gasteiger partial charge in [-0.1, -0.05) is 6.07 Å². The summed E-state index contributed by atoms with van der Waals surface area (Å²) in [5.74, 6) is 1.47. The van der Waals surface area contributed by atoms with Gasteiger partial charge in [0.1, 0.15) is 17.5 Å². The Morgan fingerprint density at radius 3 is 2.70 bits per heavy atom. The van der Waals surface area contributed by atoms with Crippen LogP contribution in [-0.4, -0.2) is 37.4 Å². The van der Waals surface area contributed by atoms with Gasteiger partial charge in [0.25, 0.3) is 5.56 Å². The maximum atomic E-state index is 12.7. The minimum atomic E-state index is -3.99. The standard InChI is InChI=1S/C18H19FN2O5S/c1-3-21-18(23)14(9-20-21)13-4-5-16-17(11(13)2)15(26-7-6-19)8-12(10-22)27(16,24)25/h4-5,9,15,20H,3,6-8H2,1-2H3. The van der Waals surface area contributed by atoms with Crippen LogP contribution in [0, 0.1) is 6.92 Å². The van der Waals surface area contributed by atoms with Crippen molar-refractivity contribution < 1.29 is 22.3 Å². The SMILES string of the molecule is CCn1[nH]cc(-c2ccc3c(c2C)C(OCCF)CC(=C=O)S3(=O)=O)c1=O. The molecular weight excluding hydrogens is 375 g/mol. The van der Waals surface area contributed by atoms with E-state index in [-0.39, 0.29) is 23.5 Å². The number of benzene rings is 1. The van der Waals surface area contributed by atoms with Crippen LogP contribution in [-0.2, 0) is 25.9 Å². The summed E-state index contributed by atoms with van der Waals surface area (Å²) in [7, 11) is -3.99. The van der Waals surface area contributed by atoms with Gasteiger partial charge in [-0.15, -0.1) is 0 Å². The molecule has 0 amide bonds. The maximum absolute atomic E-state index is 12.7. The molecule has 0 saturated heterocycles. The van der Waals surface area contributed by atoms with Crippen LogP contribution in [0.25, 0.3) is 11.1 Å². The van der Waals surface area contributed by atoms with E-state index in [4.69, 9.17) is 4.74 Å².